The summed E-state index contributed by atoms with van der Waals surface area (Å²) in [5, 5.41) is 0. The number of alkyl halides is 1. The van der Waals surface area contributed by atoms with Crippen LogP contribution in [0.5, 0.6) is 5.75 Å². The number of ether oxygens (including phenoxy) is 1. The van der Waals surface area contributed by atoms with E-state index in [1.165, 1.54) is 5.56 Å². The zero-order chi connectivity index (χ0) is 12.1. The van der Waals surface area contributed by atoms with Gasteiger partial charge < -0.3 is 4.74 Å². The highest BCUT2D eigenvalue weighted by atomic mass is 35.5. The van der Waals surface area contributed by atoms with E-state index in [0.29, 0.717) is 12.5 Å². The van der Waals surface area contributed by atoms with Crippen LogP contribution in [0.4, 0.5) is 0 Å². The minimum Gasteiger partial charge on any atom is -0.487 e. The molecule has 2 nitrogen and oxygen atoms in total. The summed E-state index contributed by atoms with van der Waals surface area (Å²) >= 11 is 5.66. The maximum Gasteiger partial charge on any atom is 0.138 e. The van der Waals surface area contributed by atoms with Crippen molar-refractivity contribution in [3.63, 3.8) is 0 Å². The number of aryl methyl sites for hydroxylation is 1. The van der Waals surface area contributed by atoms with Crippen molar-refractivity contribution in [2.45, 2.75) is 19.4 Å². The molecule has 0 amide bonds. The summed E-state index contributed by atoms with van der Waals surface area (Å²) in [4.78, 5) is 4.17. The van der Waals surface area contributed by atoms with Gasteiger partial charge in [-0.3, -0.25) is 4.98 Å². The molecule has 0 radical (unpaired) electrons. The molecule has 0 atom stereocenters. The van der Waals surface area contributed by atoms with Crippen LogP contribution in [-0.2, 0) is 12.5 Å². The fourth-order valence-electron chi connectivity index (χ4n) is 1.43. The molecule has 88 valence electrons. The molecule has 0 aliphatic heterocycles. The lowest BCUT2D eigenvalue weighted by molar-refractivity contribution is 0.305. The van der Waals surface area contributed by atoms with Crippen molar-refractivity contribution in [1.29, 1.82) is 0 Å². The summed E-state index contributed by atoms with van der Waals surface area (Å²) < 4.78 is 5.63. The van der Waals surface area contributed by atoms with Crippen molar-refractivity contribution in [3.05, 3.63) is 59.4 Å². The van der Waals surface area contributed by atoms with Crippen LogP contribution < -0.4 is 4.74 Å². The maximum absolute atomic E-state index is 5.66. The van der Waals surface area contributed by atoms with Gasteiger partial charge in [0, 0.05) is 0 Å². The molecule has 0 aliphatic rings. The van der Waals surface area contributed by atoms with Crippen LogP contribution in [0, 0.1) is 6.92 Å². The Hall–Kier alpha value is -1.54. The number of nitrogens with zero attached hydrogens (tertiary/aromatic N) is 1. The normalized spacial score (nSPS) is 10.2. The van der Waals surface area contributed by atoms with Crippen molar-refractivity contribution in [2.24, 2.45) is 0 Å². The highest BCUT2D eigenvalue weighted by molar-refractivity contribution is 6.16. The van der Waals surface area contributed by atoms with Gasteiger partial charge in [-0.15, -0.1) is 11.6 Å². The summed E-state index contributed by atoms with van der Waals surface area (Å²) in [5.74, 6) is 1.19. The summed E-state index contributed by atoms with van der Waals surface area (Å²) in [5.41, 5.74) is 3.26. The Kier molecular flexibility index (Phi) is 3.99. The Labute approximate surface area is 106 Å². The number of halogens is 1. The van der Waals surface area contributed by atoms with Crippen LogP contribution in [0.3, 0.4) is 0 Å². The third kappa shape index (κ3) is 3.46. The van der Waals surface area contributed by atoms with Gasteiger partial charge in [0.15, 0.2) is 0 Å². The minimum atomic E-state index is 0.429. The standard InChI is InChI=1S/C14H14ClNO/c1-11-2-4-12(5-3-11)10-17-14-7-6-13(8-15)16-9-14/h2-7,9H,8,10H2,1H3. The first-order valence-electron chi connectivity index (χ1n) is 5.47. The lowest BCUT2D eigenvalue weighted by Gasteiger charge is -2.06. The predicted molar refractivity (Wildman–Crippen MR) is 69.3 cm³/mol. The van der Waals surface area contributed by atoms with Gasteiger partial charge in [-0.05, 0) is 24.6 Å². The molecule has 1 heterocycles. The van der Waals surface area contributed by atoms with Gasteiger partial charge in [0.2, 0.25) is 0 Å². The summed E-state index contributed by atoms with van der Waals surface area (Å²) in [6, 6.07) is 12.0. The zero-order valence-electron chi connectivity index (χ0n) is 9.69. The third-order valence-electron chi connectivity index (χ3n) is 2.46. The van der Waals surface area contributed by atoms with E-state index in [1.807, 2.05) is 12.1 Å². The molecule has 0 fully saturated rings. The lowest BCUT2D eigenvalue weighted by Crippen LogP contribution is -1.96. The fourth-order valence-corrected chi connectivity index (χ4v) is 1.58. The van der Waals surface area contributed by atoms with E-state index in [1.54, 1.807) is 6.20 Å². The molecular weight excluding hydrogens is 234 g/mol. The molecule has 0 N–H and O–H groups in total. The molecule has 2 aromatic rings. The zero-order valence-corrected chi connectivity index (χ0v) is 10.4. The molecular formula is C14H14ClNO. The summed E-state index contributed by atoms with van der Waals surface area (Å²) in [7, 11) is 0. The van der Waals surface area contributed by atoms with Gasteiger partial charge >= 0.3 is 0 Å². The van der Waals surface area contributed by atoms with Crippen molar-refractivity contribution in [2.75, 3.05) is 0 Å². The minimum absolute atomic E-state index is 0.429. The van der Waals surface area contributed by atoms with Crippen LogP contribution >= 0.6 is 11.6 Å². The Balaban J connectivity index is 1.95. The first kappa shape index (κ1) is 11.9. The maximum atomic E-state index is 5.66. The van der Waals surface area contributed by atoms with Crippen LogP contribution in [0.2, 0.25) is 0 Å². The van der Waals surface area contributed by atoms with E-state index >= 15 is 0 Å². The molecule has 17 heavy (non-hydrogen) atoms. The molecule has 0 saturated heterocycles. The van der Waals surface area contributed by atoms with E-state index < -0.39 is 0 Å². The Bertz CT molecular complexity index is 465. The van der Waals surface area contributed by atoms with E-state index in [-0.39, 0.29) is 0 Å². The first-order chi connectivity index (χ1) is 8.28. The van der Waals surface area contributed by atoms with Gasteiger partial charge in [-0.1, -0.05) is 29.8 Å². The number of hydrogen-bond donors (Lipinski definition) is 0. The summed E-state index contributed by atoms with van der Waals surface area (Å²) in [6.45, 7) is 2.63. The van der Waals surface area contributed by atoms with Gasteiger partial charge in [0.1, 0.15) is 12.4 Å². The molecule has 0 aliphatic carbocycles. The second kappa shape index (κ2) is 5.69. The second-order valence-corrected chi connectivity index (χ2v) is 4.16. The Morgan fingerprint density at radius 3 is 2.47 bits per heavy atom. The van der Waals surface area contributed by atoms with Gasteiger partial charge in [-0.25, -0.2) is 0 Å². The highest BCUT2D eigenvalue weighted by Gasteiger charge is 1.97. The Morgan fingerprint density at radius 1 is 1.12 bits per heavy atom. The summed E-state index contributed by atoms with van der Waals surface area (Å²) in [6.07, 6.45) is 1.70. The monoisotopic (exact) mass is 247 g/mol. The largest absolute Gasteiger partial charge is 0.487 e. The van der Waals surface area contributed by atoms with Crippen LogP contribution in [0.15, 0.2) is 42.6 Å². The molecule has 2 rings (SSSR count). The van der Waals surface area contributed by atoms with Gasteiger partial charge in [-0.2, -0.15) is 0 Å². The average Bonchev–Trinajstić information content (AvgIpc) is 2.39. The number of pyridine rings is 1. The Morgan fingerprint density at radius 2 is 1.88 bits per heavy atom. The number of hydrogen-bond acceptors (Lipinski definition) is 2. The van der Waals surface area contributed by atoms with Crippen molar-refractivity contribution in [3.8, 4) is 5.75 Å². The molecule has 1 aromatic heterocycles. The number of benzene rings is 1. The van der Waals surface area contributed by atoms with Crippen molar-refractivity contribution in [1.82, 2.24) is 4.98 Å². The molecule has 0 spiro atoms. The van der Waals surface area contributed by atoms with E-state index in [4.69, 9.17) is 16.3 Å². The van der Waals surface area contributed by atoms with E-state index in [9.17, 15) is 0 Å². The van der Waals surface area contributed by atoms with Crippen LogP contribution in [0.1, 0.15) is 16.8 Å². The number of aromatic nitrogens is 1. The van der Waals surface area contributed by atoms with Gasteiger partial charge in [0.25, 0.3) is 0 Å². The third-order valence-corrected chi connectivity index (χ3v) is 2.73. The molecule has 3 heteroatoms. The van der Waals surface area contributed by atoms with Crippen molar-refractivity contribution >= 4 is 11.6 Å². The highest BCUT2D eigenvalue weighted by Crippen LogP contribution is 2.13. The quantitative estimate of drug-likeness (QED) is 0.769. The van der Waals surface area contributed by atoms with Crippen LogP contribution in [-0.4, -0.2) is 4.98 Å². The van der Waals surface area contributed by atoms with Crippen LogP contribution in [0.25, 0.3) is 0 Å². The second-order valence-electron chi connectivity index (χ2n) is 3.89. The predicted octanol–water partition coefficient (Wildman–Crippen LogP) is 3.71. The first-order valence-corrected chi connectivity index (χ1v) is 6.00. The smallest absolute Gasteiger partial charge is 0.138 e. The molecule has 0 saturated carbocycles. The van der Waals surface area contributed by atoms with E-state index in [2.05, 4.69) is 36.2 Å². The average molecular weight is 248 g/mol. The van der Waals surface area contributed by atoms with Gasteiger partial charge in [0.05, 0.1) is 17.8 Å². The van der Waals surface area contributed by atoms with E-state index in [0.717, 1.165) is 17.0 Å². The van der Waals surface area contributed by atoms with Crippen molar-refractivity contribution < 1.29 is 4.74 Å². The molecule has 0 unspecified atom stereocenters. The SMILES string of the molecule is Cc1ccc(COc2ccc(CCl)nc2)cc1. The lowest BCUT2D eigenvalue weighted by atomic mass is 10.2. The fraction of sp³-hybridized carbons (Fsp3) is 0.214. The molecule has 0 bridgehead atoms. The molecule has 1 aromatic carbocycles. The topological polar surface area (TPSA) is 22.1 Å². The number of rotatable bonds is 4.